The molecular formula is C24H23N2O+. The molecule has 2 heterocycles. The number of hydrogen-bond donors (Lipinski definition) is 0. The van der Waals surface area contributed by atoms with Gasteiger partial charge in [0.05, 0.1) is 12.1 Å². The molecule has 0 bridgehead atoms. The van der Waals surface area contributed by atoms with Crippen LogP contribution in [-0.4, -0.2) is 0 Å². The van der Waals surface area contributed by atoms with Crippen LogP contribution in [0.5, 0.6) is 0 Å². The number of fused-ring (bicyclic) bond motifs is 3. The Kier molecular flexibility index (Phi) is 3.47. The smallest absolute Gasteiger partial charge is 0.216 e. The molecule has 0 atom stereocenters. The average Bonchev–Trinajstić information content (AvgIpc) is 2.99. The van der Waals surface area contributed by atoms with Crippen molar-refractivity contribution in [3.05, 3.63) is 70.7 Å². The fourth-order valence-electron chi connectivity index (χ4n) is 3.59. The van der Waals surface area contributed by atoms with E-state index in [9.17, 15) is 0 Å². The van der Waals surface area contributed by atoms with Gasteiger partial charge in [0.1, 0.15) is 19.6 Å². The summed E-state index contributed by atoms with van der Waals surface area (Å²) in [6.45, 7) is 14.9. The van der Waals surface area contributed by atoms with Gasteiger partial charge in [-0.2, -0.15) is 0 Å². The molecule has 134 valence electrons. The van der Waals surface area contributed by atoms with Crippen molar-refractivity contribution in [2.45, 2.75) is 33.6 Å². The molecule has 0 aliphatic heterocycles. The lowest BCUT2D eigenvalue weighted by atomic mass is 9.98. The Morgan fingerprint density at radius 2 is 1.89 bits per heavy atom. The van der Waals surface area contributed by atoms with Crippen LogP contribution in [0.25, 0.3) is 38.0 Å². The van der Waals surface area contributed by atoms with E-state index in [1.54, 1.807) is 13.8 Å². The molecule has 0 N–H and O–H groups in total. The highest BCUT2D eigenvalue weighted by Gasteiger charge is 2.21. The Morgan fingerprint density at radius 1 is 1.11 bits per heavy atom. The summed E-state index contributed by atoms with van der Waals surface area (Å²) in [5.74, 6) is -0.846. The summed E-state index contributed by atoms with van der Waals surface area (Å²) in [6.07, 6.45) is 0.321. The van der Waals surface area contributed by atoms with Crippen molar-refractivity contribution in [2.24, 2.45) is 7.05 Å². The highest BCUT2D eigenvalue weighted by molar-refractivity contribution is 6.10. The second-order valence-corrected chi connectivity index (χ2v) is 7.29. The lowest BCUT2D eigenvalue weighted by molar-refractivity contribution is -0.660. The van der Waals surface area contributed by atoms with E-state index in [0.29, 0.717) is 17.4 Å². The highest BCUT2D eigenvalue weighted by Crippen LogP contribution is 2.39. The first-order chi connectivity index (χ1) is 13.6. The maximum Gasteiger partial charge on any atom is 0.216 e. The number of pyridine rings is 1. The molecule has 0 aliphatic rings. The molecule has 4 aromatic rings. The molecule has 0 spiro atoms. The molecule has 3 heteroatoms. The molecule has 2 aromatic heterocycles. The van der Waals surface area contributed by atoms with Gasteiger partial charge in [-0.1, -0.05) is 26.0 Å². The third-order valence-electron chi connectivity index (χ3n) is 5.14. The molecule has 27 heavy (non-hydrogen) atoms. The summed E-state index contributed by atoms with van der Waals surface area (Å²) < 4.78 is 25.0. The molecule has 0 unspecified atom stereocenters. The standard InChI is InChI=1S/C24H23N2O/c1-14(2)17-8-10-21(26(6)13-17)23-15(3)7-9-18-19-12-20(25-5)16(4)11-22(19)27-24(18)23/h7-14H,1-4,6H3/q+1/i13D,14D. The zero-order chi connectivity index (χ0) is 21.1. The number of hydrogen-bond acceptors (Lipinski definition) is 1. The van der Waals surface area contributed by atoms with Crippen molar-refractivity contribution < 1.29 is 11.7 Å². The number of aryl methyl sites for hydroxylation is 2. The average molecular weight is 357 g/mol. The summed E-state index contributed by atoms with van der Waals surface area (Å²) in [5.41, 5.74) is 6.57. The zero-order valence-corrected chi connectivity index (χ0v) is 16.3. The Bertz CT molecular complexity index is 1340. The van der Waals surface area contributed by atoms with Gasteiger partial charge in [0.15, 0.2) is 11.9 Å². The molecule has 4 rings (SSSR count). The van der Waals surface area contributed by atoms with Crippen molar-refractivity contribution >= 4 is 27.6 Å². The van der Waals surface area contributed by atoms with Crippen LogP contribution in [0.4, 0.5) is 5.69 Å². The lowest BCUT2D eigenvalue weighted by Gasteiger charge is -2.08. The molecule has 2 aromatic carbocycles. The normalized spacial score (nSPS) is 12.9. The molecule has 0 radical (unpaired) electrons. The Hall–Kier alpha value is -3.12. The number of aromatic nitrogens is 1. The summed E-state index contributed by atoms with van der Waals surface area (Å²) >= 11 is 0. The van der Waals surface area contributed by atoms with Gasteiger partial charge in [-0.25, -0.2) is 9.41 Å². The van der Waals surface area contributed by atoms with E-state index in [1.165, 1.54) is 0 Å². The van der Waals surface area contributed by atoms with Gasteiger partial charge in [-0.3, -0.25) is 0 Å². The topological polar surface area (TPSA) is 21.4 Å². The molecule has 0 amide bonds. The van der Waals surface area contributed by atoms with Crippen LogP contribution in [0.1, 0.15) is 39.2 Å². The molecule has 0 fully saturated rings. The van der Waals surface area contributed by atoms with Gasteiger partial charge >= 0.3 is 0 Å². The maximum absolute atomic E-state index is 8.59. The minimum Gasteiger partial charge on any atom is -0.455 e. The molecule has 0 aliphatic carbocycles. The number of benzene rings is 2. The van der Waals surface area contributed by atoms with Crippen LogP contribution in [0.2, 0.25) is 0 Å². The summed E-state index contributed by atoms with van der Waals surface area (Å²) in [7, 11) is 1.86. The zero-order valence-electron chi connectivity index (χ0n) is 18.3. The van der Waals surface area contributed by atoms with Gasteiger partial charge in [-0.15, -0.1) is 0 Å². The van der Waals surface area contributed by atoms with Gasteiger partial charge in [-0.05, 0) is 49.1 Å². The van der Waals surface area contributed by atoms with Gasteiger partial charge < -0.3 is 4.42 Å². The van der Waals surface area contributed by atoms with Crippen LogP contribution in [-0.2, 0) is 7.05 Å². The molecule has 3 nitrogen and oxygen atoms in total. The van der Waals surface area contributed by atoms with E-state index < -0.39 is 5.89 Å². The van der Waals surface area contributed by atoms with Crippen LogP contribution < -0.4 is 4.57 Å². The minimum absolute atomic E-state index is 0.321. The highest BCUT2D eigenvalue weighted by atomic mass is 16.3. The molecular weight excluding hydrogens is 332 g/mol. The van der Waals surface area contributed by atoms with E-state index in [4.69, 9.17) is 13.7 Å². The monoisotopic (exact) mass is 357 g/mol. The predicted octanol–water partition coefficient (Wildman–Crippen LogP) is 6.37. The summed E-state index contributed by atoms with van der Waals surface area (Å²) in [6, 6.07) is 11.7. The van der Waals surface area contributed by atoms with Crippen LogP contribution in [0.3, 0.4) is 0 Å². The number of rotatable bonds is 2. The van der Waals surface area contributed by atoms with Crippen molar-refractivity contribution in [1.29, 1.82) is 0 Å². The van der Waals surface area contributed by atoms with Gasteiger partial charge in [0.25, 0.3) is 0 Å². The van der Waals surface area contributed by atoms with Crippen molar-refractivity contribution in [1.82, 2.24) is 0 Å². The van der Waals surface area contributed by atoms with E-state index in [-0.39, 0.29) is 0 Å². The quantitative estimate of drug-likeness (QED) is 0.302. The Balaban J connectivity index is 2.07. The maximum atomic E-state index is 8.59. The minimum atomic E-state index is -0.846. The van der Waals surface area contributed by atoms with Gasteiger partial charge in [0, 0.05) is 23.8 Å². The van der Waals surface area contributed by atoms with E-state index in [2.05, 4.69) is 10.9 Å². The predicted molar refractivity (Wildman–Crippen MR) is 110 cm³/mol. The fourth-order valence-corrected chi connectivity index (χ4v) is 3.59. The SMILES string of the molecule is [2H]c1c(C([2H])(C)C)ccc(-c2c(C)ccc3c2oc2cc(C)c([N+]#[C-])cc23)[n+]1C. The summed E-state index contributed by atoms with van der Waals surface area (Å²) in [4.78, 5) is 3.62. The van der Waals surface area contributed by atoms with E-state index >= 15 is 0 Å². The second-order valence-electron chi connectivity index (χ2n) is 7.29. The molecule has 0 saturated carbocycles. The third kappa shape index (κ3) is 2.69. The van der Waals surface area contributed by atoms with Crippen molar-refractivity contribution in [2.75, 3.05) is 0 Å². The van der Waals surface area contributed by atoms with Gasteiger partial charge in [0.2, 0.25) is 5.69 Å². The third-order valence-corrected chi connectivity index (χ3v) is 5.14. The Morgan fingerprint density at radius 3 is 2.59 bits per heavy atom. The van der Waals surface area contributed by atoms with Crippen molar-refractivity contribution in [3.63, 3.8) is 0 Å². The second kappa shape index (κ2) is 6.25. The number of furan rings is 1. The van der Waals surface area contributed by atoms with Crippen LogP contribution in [0.15, 0.2) is 47.0 Å². The first-order valence-electron chi connectivity index (χ1n) is 9.98. The van der Waals surface area contributed by atoms with Crippen LogP contribution in [0, 0.1) is 20.4 Å². The largest absolute Gasteiger partial charge is 0.455 e. The fraction of sp³-hybridized carbons (Fsp3) is 0.250. The van der Waals surface area contributed by atoms with E-state index in [0.717, 1.165) is 44.3 Å². The molecule has 0 saturated heterocycles. The summed E-state index contributed by atoms with van der Waals surface area (Å²) in [5, 5.41) is 1.89. The van der Waals surface area contributed by atoms with E-state index in [1.807, 2.05) is 55.8 Å². The lowest BCUT2D eigenvalue weighted by Crippen LogP contribution is -2.31. The first-order valence-corrected chi connectivity index (χ1v) is 8.98. The van der Waals surface area contributed by atoms with Crippen molar-refractivity contribution in [3.8, 4) is 11.3 Å². The number of nitrogens with zero attached hydrogens (tertiary/aromatic N) is 2. The first kappa shape index (κ1) is 15.0. The Labute approximate surface area is 162 Å². The van der Waals surface area contributed by atoms with Crippen LogP contribution >= 0.6 is 0 Å².